The molecule has 0 spiro atoms. The Morgan fingerprint density at radius 1 is 0.974 bits per heavy atom. The van der Waals surface area contributed by atoms with E-state index in [1.54, 1.807) is 42.5 Å². The normalized spacial score (nSPS) is 11.8. The molecular formula is C30H21BrF3N3O2. The van der Waals surface area contributed by atoms with Crippen LogP contribution in [0.15, 0.2) is 105 Å². The number of rotatable bonds is 6. The topological polar surface area (TPSA) is 56.5 Å². The average Bonchev–Trinajstić information content (AvgIpc) is 2.92. The molecule has 39 heavy (non-hydrogen) atoms. The van der Waals surface area contributed by atoms with Crippen molar-refractivity contribution >= 4 is 33.0 Å². The summed E-state index contributed by atoms with van der Waals surface area (Å²) in [6.07, 6.45) is -3.10. The third-order valence-electron chi connectivity index (χ3n) is 6.00. The lowest BCUT2D eigenvalue weighted by Crippen LogP contribution is -2.20. The molecular weight excluding hydrogens is 571 g/mol. The second kappa shape index (κ2) is 10.9. The second-order valence-electron chi connectivity index (χ2n) is 8.86. The number of aromatic nitrogens is 2. The maximum atomic E-state index is 13.4. The molecule has 0 bridgehead atoms. The maximum absolute atomic E-state index is 13.4. The third-order valence-corrected chi connectivity index (χ3v) is 6.61. The Kier molecular flexibility index (Phi) is 7.34. The molecule has 1 aromatic heterocycles. The lowest BCUT2D eigenvalue weighted by atomic mass is 10.1. The molecule has 5 nitrogen and oxygen atoms in total. The van der Waals surface area contributed by atoms with Crippen LogP contribution in [0.3, 0.4) is 0 Å². The van der Waals surface area contributed by atoms with Crippen LogP contribution in [0.1, 0.15) is 22.3 Å². The Balaban J connectivity index is 1.49. The van der Waals surface area contributed by atoms with Crippen LogP contribution in [0.4, 0.5) is 13.2 Å². The summed E-state index contributed by atoms with van der Waals surface area (Å²) < 4.78 is 47.8. The zero-order valence-electron chi connectivity index (χ0n) is 20.6. The summed E-state index contributed by atoms with van der Waals surface area (Å²) in [5.74, 6) is 0.625. The molecule has 4 aromatic carbocycles. The zero-order chi connectivity index (χ0) is 27.6. The van der Waals surface area contributed by atoms with Gasteiger partial charge in [-0.05, 0) is 76.4 Å². The second-order valence-corrected chi connectivity index (χ2v) is 9.71. The van der Waals surface area contributed by atoms with Crippen molar-refractivity contribution in [2.75, 3.05) is 0 Å². The van der Waals surface area contributed by atoms with Gasteiger partial charge in [0.05, 0.1) is 27.2 Å². The SMILES string of the molecule is Cc1ccc(COc2ccc(C=Nn3c(-c4cccc(C(F)(F)F)c4)nc4ccccc4c3=O)cc2Br)cc1. The van der Waals surface area contributed by atoms with Crippen LogP contribution < -0.4 is 10.3 Å². The van der Waals surface area contributed by atoms with Crippen LogP contribution in [0, 0.1) is 6.92 Å². The monoisotopic (exact) mass is 591 g/mol. The van der Waals surface area contributed by atoms with E-state index < -0.39 is 17.3 Å². The van der Waals surface area contributed by atoms with Crippen molar-refractivity contribution in [1.29, 1.82) is 0 Å². The van der Waals surface area contributed by atoms with Crippen LogP contribution >= 0.6 is 15.9 Å². The number of benzene rings is 4. The van der Waals surface area contributed by atoms with E-state index in [-0.39, 0.29) is 11.4 Å². The number of alkyl halides is 3. The quantitative estimate of drug-likeness (QED) is 0.191. The van der Waals surface area contributed by atoms with Crippen LogP contribution in [0.2, 0.25) is 0 Å². The first-order chi connectivity index (χ1) is 18.7. The van der Waals surface area contributed by atoms with Gasteiger partial charge in [-0.25, -0.2) is 4.98 Å². The minimum Gasteiger partial charge on any atom is -0.488 e. The number of hydrogen-bond acceptors (Lipinski definition) is 4. The Bertz CT molecular complexity index is 1750. The Morgan fingerprint density at radius 2 is 1.74 bits per heavy atom. The summed E-state index contributed by atoms with van der Waals surface area (Å²) in [5.41, 5.74) is 1.97. The van der Waals surface area contributed by atoms with Gasteiger partial charge in [0.2, 0.25) is 0 Å². The molecule has 0 radical (unpaired) electrons. The average molecular weight is 592 g/mol. The van der Waals surface area contributed by atoms with E-state index in [1.807, 2.05) is 31.2 Å². The summed E-state index contributed by atoms with van der Waals surface area (Å²) in [6, 6.07) is 24.7. The number of aryl methyl sites for hydroxylation is 1. The van der Waals surface area contributed by atoms with Gasteiger partial charge in [-0.3, -0.25) is 4.79 Å². The maximum Gasteiger partial charge on any atom is 0.416 e. The van der Waals surface area contributed by atoms with Crippen molar-refractivity contribution in [3.63, 3.8) is 0 Å². The van der Waals surface area contributed by atoms with E-state index in [9.17, 15) is 18.0 Å². The van der Waals surface area contributed by atoms with Crippen molar-refractivity contribution in [2.45, 2.75) is 19.7 Å². The molecule has 9 heteroatoms. The Morgan fingerprint density at radius 3 is 2.49 bits per heavy atom. The standard InChI is InChI=1S/C30H21BrF3N3O2/c1-19-9-11-20(12-10-19)18-39-27-14-13-21(15-25(27)31)17-35-37-28(22-5-4-6-23(16-22)30(32,33)34)36-26-8-3-2-7-24(26)29(37)38/h2-17H,18H2,1H3. The fourth-order valence-electron chi connectivity index (χ4n) is 3.94. The summed E-state index contributed by atoms with van der Waals surface area (Å²) in [6.45, 7) is 2.41. The minimum atomic E-state index is -4.54. The smallest absolute Gasteiger partial charge is 0.416 e. The summed E-state index contributed by atoms with van der Waals surface area (Å²) in [4.78, 5) is 17.8. The van der Waals surface area contributed by atoms with Gasteiger partial charge in [0.25, 0.3) is 5.56 Å². The van der Waals surface area contributed by atoms with E-state index in [2.05, 4.69) is 26.0 Å². The molecule has 0 atom stereocenters. The van der Waals surface area contributed by atoms with Crippen molar-refractivity contribution in [2.24, 2.45) is 5.10 Å². The molecule has 0 fully saturated rings. The van der Waals surface area contributed by atoms with Crippen molar-refractivity contribution in [3.8, 4) is 17.1 Å². The lowest BCUT2D eigenvalue weighted by molar-refractivity contribution is -0.137. The highest BCUT2D eigenvalue weighted by Gasteiger charge is 2.31. The number of nitrogens with zero attached hydrogens (tertiary/aromatic N) is 3. The van der Waals surface area contributed by atoms with E-state index in [1.165, 1.54) is 23.9 Å². The summed E-state index contributed by atoms with van der Waals surface area (Å²) >= 11 is 3.51. The lowest BCUT2D eigenvalue weighted by Gasteiger charge is -2.12. The molecule has 5 aromatic rings. The zero-order valence-corrected chi connectivity index (χ0v) is 22.2. The molecule has 0 amide bonds. The highest BCUT2D eigenvalue weighted by atomic mass is 79.9. The van der Waals surface area contributed by atoms with Gasteiger partial charge < -0.3 is 4.74 Å². The molecule has 0 aliphatic rings. The molecule has 1 heterocycles. The molecule has 0 aliphatic heterocycles. The molecule has 196 valence electrons. The van der Waals surface area contributed by atoms with Crippen LogP contribution in [-0.2, 0) is 12.8 Å². The first-order valence-corrected chi connectivity index (χ1v) is 12.7. The van der Waals surface area contributed by atoms with Gasteiger partial charge in [0, 0.05) is 5.56 Å². The predicted octanol–water partition coefficient (Wildman–Crippen LogP) is 7.61. The number of hydrogen-bond donors (Lipinski definition) is 0. The van der Waals surface area contributed by atoms with Gasteiger partial charge in [0.1, 0.15) is 12.4 Å². The molecule has 0 aliphatic carbocycles. The Labute approximate surface area is 230 Å². The van der Waals surface area contributed by atoms with Gasteiger partial charge in [-0.15, -0.1) is 0 Å². The largest absolute Gasteiger partial charge is 0.488 e. The Hall–Kier alpha value is -4.24. The van der Waals surface area contributed by atoms with Gasteiger partial charge >= 0.3 is 6.18 Å². The van der Waals surface area contributed by atoms with Crippen molar-refractivity contribution in [1.82, 2.24) is 9.66 Å². The number of halogens is 4. The molecule has 0 saturated carbocycles. The van der Waals surface area contributed by atoms with Gasteiger partial charge in [-0.2, -0.15) is 22.9 Å². The van der Waals surface area contributed by atoms with E-state index in [4.69, 9.17) is 4.74 Å². The van der Waals surface area contributed by atoms with Crippen molar-refractivity contribution < 1.29 is 17.9 Å². The molecule has 0 saturated heterocycles. The van der Waals surface area contributed by atoms with Crippen LogP contribution in [0.25, 0.3) is 22.3 Å². The highest BCUT2D eigenvalue weighted by molar-refractivity contribution is 9.10. The summed E-state index contributed by atoms with van der Waals surface area (Å²) in [5, 5.41) is 4.64. The minimum absolute atomic E-state index is 0.00170. The number of fused-ring (bicyclic) bond motifs is 1. The molecule has 5 rings (SSSR count). The van der Waals surface area contributed by atoms with Crippen molar-refractivity contribution in [3.05, 3.63) is 128 Å². The predicted molar refractivity (Wildman–Crippen MR) is 149 cm³/mol. The number of para-hydroxylation sites is 1. The van der Waals surface area contributed by atoms with E-state index in [0.717, 1.165) is 22.4 Å². The van der Waals surface area contributed by atoms with Gasteiger partial charge in [0.15, 0.2) is 5.82 Å². The first-order valence-electron chi connectivity index (χ1n) is 11.9. The highest BCUT2D eigenvalue weighted by Crippen LogP contribution is 2.32. The molecule has 0 N–H and O–H groups in total. The van der Waals surface area contributed by atoms with Crippen LogP contribution in [-0.4, -0.2) is 15.9 Å². The van der Waals surface area contributed by atoms with E-state index in [0.29, 0.717) is 33.3 Å². The fourth-order valence-corrected chi connectivity index (χ4v) is 4.45. The fraction of sp³-hybridized carbons (Fsp3) is 0.100. The number of ether oxygens (including phenoxy) is 1. The summed E-state index contributed by atoms with van der Waals surface area (Å²) in [7, 11) is 0. The first kappa shape index (κ1) is 26.4. The molecule has 0 unspecified atom stereocenters. The third kappa shape index (κ3) is 5.93. The van der Waals surface area contributed by atoms with Crippen LogP contribution in [0.5, 0.6) is 5.75 Å². The van der Waals surface area contributed by atoms with E-state index >= 15 is 0 Å². The van der Waals surface area contributed by atoms with Gasteiger partial charge in [-0.1, -0.05) is 54.1 Å².